The second kappa shape index (κ2) is 7.50. The Morgan fingerprint density at radius 2 is 1.47 bits per heavy atom. The van der Waals surface area contributed by atoms with Crippen molar-refractivity contribution >= 4 is 16.7 Å². The molecule has 0 amide bonds. The van der Waals surface area contributed by atoms with E-state index in [0.717, 1.165) is 16.3 Å². The Morgan fingerprint density at radius 3 is 2.07 bits per heavy atom. The number of methoxy groups -OCH3 is 1. The number of aliphatic carboxylic acids is 1. The fourth-order valence-electron chi connectivity index (χ4n) is 5.04. The summed E-state index contributed by atoms with van der Waals surface area (Å²) in [6.45, 7) is 7.48. The number of rotatable bonds is 5. The largest absolute Gasteiger partial charge is 0.496 e. The van der Waals surface area contributed by atoms with E-state index in [1.807, 2.05) is 87.5 Å². The average molecular weight is 402 g/mol. The van der Waals surface area contributed by atoms with Crippen molar-refractivity contribution < 1.29 is 14.6 Å². The van der Waals surface area contributed by atoms with Crippen LogP contribution in [0.15, 0.2) is 66.7 Å². The molecule has 4 nitrogen and oxygen atoms in total. The Morgan fingerprint density at radius 1 is 0.900 bits per heavy atom. The van der Waals surface area contributed by atoms with E-state index < -0.39 is 22.2 Å². The highest BCUT2D eigenvalue weighted by Crippen LogP contribution is 2.60. The molecule has 3 rings (SSSR count). The Hall–Kier alpha value is -3.32. The summed E-state index contributed by atoms with van der Waals surface area (Å²) < 4.78 is 5.70. The van der Waals surface area contributed by atoms with E-state index >= 15 is 0 Å². The van der Waals surface area contributed by atoms with Crippen LogP contribution in [-0.2, 0) is 10.2 Å². The van der Waals surface area contributed by atoms with Crippen LogP contribution in [0.25, 0.3) is 10.8 Å². The first-order chi connectivity index (χ1) is 14.1. The summed E-state index contributed by atoms with van der Waals surface area (Å²) in [5.74, 6) is -0.609. The predicted octanol–water partition coefficient (Wildman–Crippen LogP) is 5.80. The average Bonchev–Trinajstić information content (AvgIpc) is 2.73. The zero-order valence-corrected chi connectivity index (χ0v) is 18.1. The third kappa shape index (κ3) is 2.85. The molecule has 154 valence electrons. The Labute approximate surface area is 177 Å². The quantitative estimate of drug-likeness (QED) is 0.587. The molecule has 0 aliphatic carbocycles. The fourth-order valence-corrected chi connectivity index (χ4v) is 5.04. The molecule has 3 aromatic carbocycles. The van der Waals surface area contributed by atoms with Gasteiger partial charge in [-0.2, -0.15) is 5.26 Å². The third-order valence-corrected chi connectivity index (χ3v) is 6.23. The smallest absolute Gasteiger partial charge is 0.325 e. The topological polar surface area (TPSA) is 70.3 Å². The number of fused-ring (bicyclic) bond motifs is 1. The van der Waals surface area contributed by atoms with Gasteiger partial charge < -0.3 is 9.84 Å². The minimum absolute atomic E-state index is 0.558. The number of carbonyl (C=O) groups is 1. The molecular weight excluding hydrogens is 374 g/mol. The molecule has 0 aliphatic heterocycles. The van der Waals surface area contributed by atoms with Gasteiger partial charge in [-0.1, -0.05) is 81.4 Å². The lowest BCUT2D eigenvalue weighted by Gasteiger charge is -2.52. The number of benzene rings is 3. The molecule has 0 radical (unpaired) electrons. The van der Waals surface area contributed by atoms with Crippen LogP contribution in [-0.4, -0.2) is 18.2 Å². The van der Waals surface area contributed by atoms with E-state index in [1.165, 1.54) is 6.92 Å². The molecular formula is C26H27NO3. The van der Waals surface area contributed by atoms with E-state index in [1.54, 1.807) is 7.11 Å². The van der Waals surface area contributed by atoms with Crippen molar-refractivity contribution in [3.8, 4) is 11.8 Å². The van der Waals surface area contributed by atoms with Crippen LogP contribution in [0.4, 0.5) is 0 Å². The number of ether oxygens (including phenoxy) is 1. The van der Waals surface area contributed by atoms with Crippen molar-refractivity contribution in [3.63, 3.8) is 0 Å². The monoisotopic (exact) mass is 401 g/mol. The van der Waals surface area contributed by atoms with Gasteiger partial charge >= 0.3 is 5.97 Å². The normalized spacial score (nSPS) is 15.6. The molecule has 0 aliphatic rings. The van der Waals surface area contributed by atoms with Gasteiger partial charge in [-0.05, 0) is 34.7 Å². The van der Waals surface area contributed by atoms with Crippen molar-refractivity contribution in [2.45, 2.75) is 33.1 Å². The van der Waals surface area contributed by atoms with Crippen LogP contribution < -0.4 is 4.74 Å². The number of hydrogen-bond acceptors (Lipinski definition) is 3. The minimum atomic E-state index is -1.77. The zero-order chi connectivity index (χ0) is 22.2. The lowest BCUT2D eigenvalue weighted by molar-refractivity contribution is -0.150. The maximum atomic E-state index is 12.8. The van der Waals surface area contributed by atoms with Gasteiger partial charge in [0, 0.05) is 5.56 Å². The summed E-state index contributed by atoms with van der Waals surface area (Å²) >= 11 is 0. The summed E-state index contributed by atoms with van der Waals surface area (Å²) in [5.41, 5.74) is -2.17. The molecule has 2 atom stereocenters. The van der Waals surface area contributed by atoms with Crippen LogP contribution in [0.3, 0.4) is 0 Å². The summed E-state index contributed by atoms with van der Waals surface area (Å²) in [6.07, 6.45) is 0. The van der Waals surface area contributed by atoms with Gasteiger partial charge in [-0.3, -0.25) is 4.79 Å². The first-order valence-electron chi connectivity index (χ1n) is 9.91. The Kier molecular flexibility index (Phi) is 5.34. The highest BCUT2D eigenvalue weighted by molar-refractivity contribution is 5.91. The lowest BCUT2D eigenvalue weighted by Crippen LogP contribution is -2.57. The Balaban J connectivity index is 2.67. The third-order valence-electron chi connectivity index (χ3n) is 6.23. The summed E-state index contributed by atoms with van der Waals surface area (Å²) in [7, 11) is 1.57. The zero-order valence-electron chi connectivity index (χ0n) is 18.1. The number of hydrogen-bond donors (Lipinski definition) is 1. The molecule has 0 fully saturated rings. The second-order valence-corrected chi connectivity index (χ2v) is 8.77. The van der Waals surface area contributed by atoms with Gasteiger partial charge in [0.2, 0.25) is 0 Å². The fraction of sp³-hybridized carbons (Fsp3) is 0.308. The van der Waals surface area contributed by atoms with Gasteiger partial charge in [-0.25, -0.2) is 0 Å². The number of para-hydroxylation sites is 1. The van der Waals surface area contributed by atoms with E-state index in [9.17, 15) is 15.2 Å². The van der Waals surface area contributed by atoms with Gasteiger partial charge in [-0.15, -0.1) is 0 Å². The van der Waals surface area contributed by atoms with Gasteiger partial charge in [0.1, 0.15) is 5.75 Å². The second-order valence-electron chi connectivity index (χ2n) is 8.77. The summed E-state index contributed by atoms with van der Waals surface area (Å²) in [4.78, 5) is 12.8. The molecule has 1 N–H and O–H groups in total. The summed E-state index contributed by atoms with van der Waals surface area (Å²) in [6, 6.07) is 23.3. The van der Waals surface area contributed by atoms with Crippen LogP contribution in [0, 0.1) is 22.2 Å². The highest BCUT2D eigenvalue weighted by Gasteiger charge is 2.63. The van der Waals surface area contributed by atoms with E-state index in [2.05, 4.69) is 6.07 Å². The molecule has 0 bridgehead atoms. The first-order valence-corrected chi connectivity index (χ1v) is 9.91. The maximum absolute atomic E-state index is 12.8. The van der Waals surface area contributed by atoms with Crippen LogP contribution in [0.1, 0.15) is 38.8 Å². The van der Waals surface area contributed by atoms with Gasteiger partial charge in [0.25, 0.3) is 0 Å². The van der Waals surface area contributed by atoms with Crippen LogP contribution in [0.2, 0.25) is 0 Å². The number of nitrogens with zero attached hydrogens (tertiary/aromatic N) is 1. The lowest BCUT2D eigenvalue weighted by atomic mass is 9.47. The molecule has 0 saturated carbocycles. The molecule has 0 heterocycles. The molecule has 4 heteroatoms. The molecule has 0 spiro atoms. The Bertz CT molecular complexity index is 1130. The van der Waals surface area contributed by atoms with E-state index in [0.29, 0.717) is 11.3 Å². The van der Waals surface area contributed by atoms with E-state index in [-0.39, 0.29) is 0 Å². The van der Waals surface area contributed by atoms with Crippen molar-refractivity contribution in [2.75, 3.05) is 7.11 Å². The van der Waals surface area contributed by atoms with Crippen LogP contribution >= 0.6 is 0 Å². The number of carboxylic acid groups (broad SMARTS) is 1. The number of nitriles is 1. The molecule has 3 aromatic rings. The molecule has 30 heavy (non-hydrogen) atoms. The molecule has 0 aromatic heterocycles. The van der Waals surface area contributed by atoms with Crippen molar-refractivity contribution in [1.29, 1.82) is 5.26 Å². The van der Waals surface area contributed by atoms with Crippen molar-refractivity contribution in [2.24, 2.45) is 10.8 Å². The van der Waals surface area contributed by atoms with E-state index in [4.69, 9.17) is 4.74 Å². The highest BCUT2D eigenvalue weighted by atomic mass is 16.5. The maximum Gasteiger partial charge on any atom is 0.325 e. The van der Waals surface area contributed by atoms with Gasteiger partial charge in [0.05, 0.1) is 18.6 Å². The number of carboxylic acids is 1. The summed E-state index contributed by atoms with van der Waals surface area (Å²) in [5, 5.41) is 22.7. The molecule has 0 unspecified atom stereocenters. The first kappa shape index (κ1) is 21.4. The minimum Gasteiger partial charge on any atom is -0.496 e. The standard InChI is InChI=1S/C26H27NO3/c1-24(2,3)26(25(4,17-27)23(28)29,21-14-8-9-16-22(21)30-5)20-15-10-12-18-11-6-7-13-19(18)20/h6-16H,1-5H3,(H,28,29)/t25-,26-/m0/s1. The van der Waals surface area contributed by atoms with Gasteiger partial charge in [0.15, 0.2) is 5.41 Å². The molecule has 0 saturated heterocycles. The van der Waals surface area contributed by atoms with Crippen molar-refractivity contribution in [3.05, 3.63) is 77.9 Å². The SMILES string of the molecule is COc1ccccc1[C@@](c1cccc2ccccc12)(C(C)(C)C)[C@@](C)(C#N)C(=O)O. The predicted molar refractivity (Wildman–Crippen MR) is 119 cm³/mol. The van der Waals surface area contributed by atoms with Crippen LogP contribution in [0.5, 0.6) is 5.75 Å². The van der Waals surface area contributed by atoms with Crippen molar-refractivity contribution in [1.82, 2.24) is 0 Å².